The molecular weight excluding hydrogens is 402 g/mol. The van der Waals surface area contributed by atoms with Crippen LogP contribution in [0.25, 0.3) is 0 Å². The molecule has 0 fully saturated rings. The fourth-order valence-corrected chi connectivity index (χ4v) is 4.02. The maximum Gasteiger partial charge on any atom is 0.231 e. The van der Waals surface area contributed by atoms with E-state index in [9.17, 15) is 0 Å². The molecule has 0 spiro atoms. The summed E-state index contributed by atoms with van der Waals surface area (Å²) in [7, 11) is 1.72. The van der Waals surface area contributed by atoms with Gasteiger partial charge in [0, 0.05) is 18.0 Å². The third-order valence-electron chi connectivity index (χ3n) is 5.55. The molecule has 32 heavy (non-hydrogen) atoms. The first-order valence-corrected chi connectivity index (χ1v) is 11.1. The second-order valence-corrected chi connectivity index (χ2v) is 8.18. The predicted octanol–water partition coefficient (Wildman–Crippen LogP) is 5.52. The zero-order chi connectivity index (χ0) is 22.3. The van der Waals surface area contributed by atoms with E-state index in [1.54, 1.807) is 7.11 Å². The Kier molecular flexibility index (Phi) is 7.17. The lowest BCUT2D eigenvalue weighted by Crippen LogP contribution is -2.18. The Labute approximate surface area is 190 Å². The van der Waals surface area contributed by atoms with Crippen LogP contribution in [0.5, 0.6) is 23.0 Å². The molecule has 5 nitrogen and oxygen atoms in total. The highest BCUT2D eigenvalue weighted by atomic mass is 16.7. The third-order valence-corrected chi connectivity index (χ3v) is 5.55. The Morgan fingerprint density at radius 3 is 2.50 bits per heavy atom. The second-order valence-electron chi connectivity index (χ2n) is 8.18. The van der Waals surface area contributed by atoms with Crippen molar-refractivity contribution in [2.75, 3.05) is 20.4 Å². The molecule has 0 amide bonds. The van der Waals surface area contributed by atoms with E-state index in [2.05, 4.69) is 41.7 Å². The van der Waals surface area contributed by atoms with Crippen LogP contribution >= 0.6 is 0 Å². The van der Waals surface area contributed by atoms with Gasteiger partial charge in [0.15, 0.2) is 11.5 Å². The standard InChI is InChI=1S/C27H31NO4/c1-19(2)32-22-11-8-20(9-12-22)17-28-15-14-23(24-6-4-5-7-25(24)29-3)21-10-13-26-27(16-21)31-18-30-26/h4-13,16,19,23,28H,14-15,17-18H2,1-3H3/t23-/m0/s1. The topological polar surface area (TPSA) is 49.0 Å². The minimum Gasteiger partial charge on any atom is -0.496 e. The molecule has 3 aromatic rings. The Hall–Kier alpha value is -3.18. The molecule has 1 aliphatic rings. The Morgan fingerprint density at radius 1 is 0.938 bits per heavy atom. The lowest BCUT2D eigenvalue weighted by atomic mass is 9.87. The Morgan fingerprint density at radius 2 is 1.72 bits per heavy atom. The van der Waals surface area contributed by atoms with Gasteiger partial charge < -0.3 is 24.3 Å². The van der Waals surface area contributed by atoms with Crippen LogP contribution in [0.2, 0.25) is 0 Å². The van der Waals surface area contributed by atoms with Crippen molar-refractivity contribution in [3.63, 3.8) is 0 Å². The van der Waals surface area contributed by atoms with Crippen LogP contribution in [0.1, 0.15) is 42.9 Å². The number of hydrogen-bond acceptors (Lipinski definition) is 5. The summed E-state index contributed by atoms with van der Waals surface area (Å²) in [6, 6.07) is 22.7. The average molecular weight is 434 g/mol. The molecule has 0 radical (unpaired) electrons. The number of benzene rings is 3. The molecular formula is C27H31NO4. The quantitative estimate of drug-likeness (QED) is 0.427. The van der Waals surface area contributed by atoms with Gasteiger partial charge in [-0.25, -0.2) is 0 Å². The van der Waals surface area contributed by atoms with E-state index >= 15 is 0 Å². The molecule has 1 aliphatic heterocycles. The minimum absolute atomic E-state index is 0.176. The van der Waals surface area contributed by atoms with Crippen LogP contribution in [-0.4, -0.2) is 26.6 Å². The van der Waals surface area contributed by atoms with Gasteiger partial charge in [-0.3, -0.25) is 0 Å². The highest BCUT2D eigenvalue weighted by molar-refractivity contribution is 5.49. The van der Waals surface area contributed by atoms with Crippen LogP contribution in [0.3, 0.4) is 0 Å². The summed E-state index contributed by atoms with van der Waals surface area (Å²) in [5.41, 5.74) is 3.60. The lowest BCUT2D eigenvalue weighted by Gasteiger charge is -2.21. The molecule has 1 N–H and O–H groups in total. The monoisotopic (exact) mass is 433 g/mol. The summed E-state index contributed by atoms with van der Waals surface area (Å²) in [5.74, 6) is 3.59. The van der Waals surface area contributed by atoms with E-state index in [1.807, 2.05) is 44.2 Å². The molecule has 4 rings (SSSR count). The van der Waals surface area contributed by atoms with Gasteiger partial charge in [-0.05, 0) is 68.3 Å². The summed E-state index contributed by atoms with van der Waals surface area (Å²) >= 11 is 0. The maximum atomic E-state index is 5.73. The molecule has 3 aromatic carbocycles. The second kappa shape index (κ2) is 10.4. The van der Waals surface area contributed by atoms with Crippen LogP contribution in [-0.2, 0) is 6.54 Å². The number of nitrogens with one attached hydrogen (secondary N) is 1. The zero-order valence-corrected chi connectivity index (χ0v) is 19.0. The molecule has 168 valence electrons. The van der Waals surface area contributed by atoms with Crippen LogP contribution in [0.15, 0.2) is 66.7 Å². The summed E-state index contributed by atoms with van der Waals surface area (Å²) in [6.45, 7) is 6.02. The predicted molar refractivity (Wildman–Crippen MR) is 126 cm³/mol. The van der Waals surface area contributed by atoms with Crippen LogP contribution in [0.4, 0.5) is 0 Å². The van der Waals surface area contributed by atoms with E-state index < -0.39 is 0 Å². The number of para-hydroxylation sites is 1. The first-order chi connectivity index (χ1) is 15.6. The van der Waals surface area contributed by atoms with Crippen molar-refractivity contribution in [2.45, 2.75) is 38.8 Å². The van der Waals surface area contributed by atoms with Gasteiger partial charge in [0.2, 0.25) is 6.79 Å². The Balaban J connectivity index is 1.44. The molecule has 0 aliphatic carbocycles. The zero-order valence-electron chi connectivity index (χ0n) is 19.0. The van der Waals surface area contributed by atoms with Gasteiger partial charge in [-0.1, -0.05) is 36.4 Å². The van der Waals surface area contributed by atoms with Crippen LogP contribution < -0.4 is 24.3 Å². The van der Waals surface area contributed by atoms with E-state index in [4.69, 9.17) is 18.9 Å². The normalized spacial score (nSPS) is 13.2. The van der Waals surface area contributed by atoms with E-state index in [0.29, 0.717) is 0 Å². The molecule has 0 aromatic heterocycles. The van der Waals surface area contributed by atoms with Gasteiger partial charge in [0.25, 0.3) is 0 Å². The fraction of sp³-hybridized carbons (Fsp3) is 0.333. The summed E-state index contributed by atoms with van der Waals surface area (Å²) < 4.78 is 22.5. The average Bonchev–Trinajstić information content (AvgIpc) is 3.28. The van der Waals surface area contributed by atoms with Crippen molar-refractivity contribution < 1.29 is 18.9 Å². The summed E-state index contributed by atoms with van der Waals surface area (Å²) in [6.07, 6.45) is 1.11. The first kappa shape index (κ1) is 22.0. The molecule has 1 atom stereocenters. The number of rotatable bonds is 10. The highest BCUT2D eigenvalue weighted by Gasteiger charge is 2.21. The van der Waals surface area contributed by atoms with Gasteiger partial charge in [-0.2, -0.15) is 0 Å². The molecule has 0 saturated carbocycles. The van der Waals surface area contributed by atoms with Gasteiger partial charge in [0.1, 0.15) is 11.5 Å². The molecule has 1 heterocycles. The number of methoxy groups -OCH3 is 1. The third kappa shape index (κ3) is 5.35. The fourth-order valence-electron chi connectivity index (χ4n) is 4.02. The molecule has 0 unspecified atom stereocenters. The van der Waals surface area contributed by atoms with Crippen molar-refractivity contribution in [1.82, 2.24) is 5.32 Å². The van der Waals surface area contributed by atoms with E-state index in [0.717, 1.165) is 42.5 Å². The van der Waals surface area contributed by atoms with Crippen molar-refractivity contribution in [2.24, 2.45) is 0 Å². The van der Waals surface area contributed by atoms with Crippen molar-refractivity contribution in [3.8, 4) is 23.0 Å². The van der Waals surface area contributed by atoms with E-state index in [-0.39, 0.29) is 18.8 Å². The molecule has 5 heteroatoms. The number of ether oxygens (including phenoxy) is 4. The first-order valence-electron chi connectivity index (χ1n) is 11.1. The highest BCUT2D eigenvalue weighted by Crippen LogP contribution is 2.39. The lowest BCUT2D eigenvalue weighted by molar-refractivity contribution is 0.174. The van der Waals surface area contributed by atoms with Crippen molar-refractivity contribution in [3.05, 3.63) is 83.4 Å². The van der Waals surface area contributed by atoms with Crippen molar-refractivity contribution >= 4 is 0 Å². The van der Waals surface area contributed by atoms with E-state index in [1.165, 1.54) is 16.7 Å². The van der Waals surface area contributed by atoms with Gasteiger partial charge in [0.05, 0.1) is 13.2 Å². The molecule has 0 saturated heterocycles. The Bertz CT molecular complexity index is 1020. The SMILES string of the molecule is COc1ccccc1[C@@H](CCNCc1ccc(OC(C)C)cc1)c1ccc2c(c1)OCO2. The largest absolute Gasteiger partial charge is 0.496 e. The van der Waals surface area contributed by atoms with Crippen LogP contribution in [0, 0.1) is 0 Å². The summed E-state index contributed by atoms with van der Waals surface area (Å²) in [5, 5.41) is 3.58. The van der Waals surface area contributed by atoms with Crippen molar-refractivity contribution in [1.29, 1.82) is 0 Å². The van der Waals surface area contributed by atoms with Gasteiger partial charge in [-0.15, -0.1) is 0 Å². The molecule has 0 bridgehead atoms. The van der Waals surface area contributed by atoms with Gasteiger partial charge >= 0.3 is 0 Å². The summed E-state index contributed by atoms with van der Waals surface area (Å²) in [4.78, 5) is 0. The minimum atomic E-state index is 0.176. The number of hydrogen-bond donors (Lipinski definition) is 1. The number of fused-ring (bicyclic) bond motifs is 1. The smallest absolute Gasteiger partial charge is 0.231 e. The maximum absolute atomic E-state index is 5.73.